The van der Waals surface area contributed by atoms with Gasteiger partial charge in [0.2, 0.25) is 5.91 Å². The molecule has 0 rings (SSSR count). The van der Waals surface area contributed by atoms with Gasteiger partial charge >= 0.3 is 5.97 Å². The number of carbonyl (C=O) groups excluding carboxylic acids is 2. The van der Waals surface area contributed by atoms with Crippen LogP contribution in [0.1, 0.15) is 149 Å². The van der Waals surface area contributed by atoms with Crippen LogP contribution in [0.4, 0.5) is 0 Å². The lowest BCUT2D eigenvalue weighted by Gasteiger charge is -2.17. The molecular weight excluding hydrogens is 398 g/mol. The summed E-state index contributed by atoms with van der Waals surface area (Å²) in [6.07, 6.45) is 25.6. The molecule has 32 heavy (non-hydrogen) atoms. The third-order valence-corrected chi connectivity index (χ3v) is 6.35. The fourth-order valence-corrected chi connectivity index (χ4v) is 4.17. The fourth-order valence-electron chi connectivity index (χ4n) is 4.17. The monoisotopic (exact) mass is 453 g/mol. The standard InChI is InChI=1S/C28H55NO3/c1-4-6-7-8-9-10-11-12-13-14-15-16-17-18-19-23-26-29(3)27(30)24-21-20-22-25-28(31)32-5-2/h4-26H2,1-3H3. The number of rotatable bonds is 24. The first kappa shape index (κ1) is 30.9. The number of hydrogen-bond acceptors (Lipinski definition) is 3. The molecule has 0 radical (unpaired) electrons. The molecule has 4 nitrogen and oxygen atoms in total. The van der Waals surface area contributed by atoms with Crippen LogP contribution in [-0.4, -0.2) is 37.0 Å². The Hall–Kier alpha value is -1.06. The zero-order valence-electron chi connectivity index (χ0n) is 21.9. The molecule has 0 unspecified atom stereocenters. The summed E-state index contributed by atoms with van der Waals surface area (Å²) in [5, 5.41) is 0. The number of amides is 1. The van der Waals surface area contributed by atoms with E-state index in [4.69, 9.17) is 4.74 Å². The first-order chi connectivity index (χ1) is 15.6. The highest BCUT2D eigenvalue weighted by atomic mass is 16.5. The van der Waals surface area contributed by atoms with Crippen LogP contribution < -0.4 is 0 Å². The molecule has 0 N–H and O–H groups in total. The second kappa shape index (κ2) is 24.6. The van der Waals surface area contributed by atoms with Gasteiger partial charge in [-0.2, -0.15) is 0 Å². The largest absolute Gasteiger partial charge is 0.466 e. The van der Waals surface area contributed by atoms with Crippen molar-refractivity contribution in [2.24, 2.45) is 0 Å². The van der Waals surface area contributed by atoms with Gasteiger partial charge in [0.15, 0.2) is 0 Å². The average molecular weight is 454 g/mol. The highest BCUT2D eigenvalue weighted by Gasteiger charge is 2.08. The fraction of sp³-hybridized carbons (Fsp3) is 0.929. The normalized spacial score (nSPS) is 11.0. The smallest absolute Gasteiger partial charge is 0.305 e. The number of carbonyl (C=O) groups is 2. The van der Waals surface area contributed by atoms with Gasteiger partial charge < -0.3 is 9.64 Å². The zero-order chi connectivity index (χ0) is 23.7. The van der Waals surface area contributed by atoms with Gasteiger partial charge in [-0.25, -0.2) is 0 Å². The number of nitrogens with zero attached hydrogens (tertiary/aromatic N) is 1. The first-order valence-electron chi connectivity index (χ1n) is 14.0. The SMILES string of the molecule is CCCCCCCCCCCCCCCCCCN(C)C(=O)CCCCCC(=O)OCC. The Kier molecular flexibility index (Phi) is 23.8. The molecule has 0 aromatic carbocycles. The van der Waals surface area contributed by atoms with E-state index in [0.29, 0.717) is 19.4 Å². The van der Waals surface area contributed by atoms with E-state index in [1.54, 1.807) is 0 Å². The van der Waals surface area contributed by atoms with Gasteiger partial charge in [0, 0.05) is 26.4 Å². The van der Waals surface area contributed by atoms with Crippen molar-refractivity contribution in [1.29, 1.82) is 0 Å². The molecule has 4 heteroatoms. The maximum Gasteiger partial charge on any atom is 0.305 e. The summed E-state index contributed by atoms with van der Waals surface area (Å²) in [5.41, 5.74) is 0. The summed E-state index contributed by atoms with van der Waals surface area (Å²) in [6.45, 7) is 5.43. The number of esters is 1. The molecule has 0 bridgehead atoms. The Morgan fingerprint density at radius 2 is 0.969 bits per heavy atom. The molecule has 0 aliphatic heterocycles. The van der Waals surface area contributed by atoms with Crippen molar-refractivity contribution in [3.63, 3.8) is 0 Å². The van der Waals surface area contributed by atoms with E-state index in [-0.39, 0.29) is 11.9 Å². The van der Waals surface area contributed by atoms with Gasteiger partial charge in [0.25, 0.3) is 0 Å². The first-order valence-corrected chi connectivity index (χ1v) is 14.0. The van der Waals surface area contributed by atoms with Crippen molar-refractivity contribution >= 4 is 11.9 Å². The maximum atomic E-state index is 12.2. The summed E-state index contributed by atoms with van der Waals surface area (Å²) in [5.74, 6) is 0.113. The van der Waals surface area contributed by atoms with Crippen molar-refractivity contribution in [3.8, 4) is 0 Å². The molecule has 0 aromatic rings. The third-order valence-electron chi connectivity index (χ3n) is 6.35. The Labute approximate surface area is 200 Å². The van der Waals surface area contributed by atoms with Gasteiger partial charge in [0.1, 0.15) is 0 Å². The number of ether oxygens (including phenoxy) is 1. The van der Waals surface area contributed by atoms with Gasteiger partial charge in [0.05, 0.1) is 6.61 Å². The minimum absolute atomic E-state index is 0.126. The highest BCUT2D eigenvalue weighted by Crippen LogP contribution is 2.14. The molecule has 0 fully saturated rings. The molecule has 0 aliphatic carbocycles. The molecule has 0 saturated carbocycles. The van der Waals surface area contributed by atoms with Gasteiger partial charge in [-0.1, -0.05) is 110 Å². The molecule has 1 amide bonds. The van der Waals surface area contributed by atoms with Crippen LogP contribution in [0.25, 0.3) is 0 Å². The quantitative estimate of drug-likeness (QED) is 0.109. The van der Waals surface area contributed by atoms with Gasteiger partial charge in [-0.05, 0) is 26.2 Å². The van der Waals surface area contributed by atoms with E-state index >= 15 is 0 Å². The van der Waals surface area contributed by atoms with E-state index in [1.165, 1.54) is 96.3 Å². The Morgan fingerprint density at radius 1 is 0.562 bits per heavy atom. The lowest BCUT2D eigenvalue weighted by atomic mass is 10.0. The van der Waals surface area contributed by atoms with Gasteiger partial charge in [-0.3, -0.25) is 9.59 Å². The van der Waals surface area contributed by atoms with Crippen molar-refractivity contribution < 1.29 is 14.3 Å². The van der Waals surface area contributed by atoms with Crippen LogP contribution in [0.5, 0.6) is 0 Å². The second-order valence-electron chi connectivity index (χ2n) is 9.48. The zero-order valence-corrected chi connectivity index (χ0v) is 21.9. The minimum atomic E-state index is -0.126. The lowest BCUT2D eigenvalue weighted by molar-refractivity contribution is -0.143. The average Bonchev–Trinajstić information content (AvgIpc) is 2.78. The number of hydrogen-bond donors (Lipinski definition) is 0. The van der Waals surface area contributed by atoms with E-state index in [1.807, 2.05) is 18.9 Å². The molecule has 190 valence electrons. The molecule has 0 spiro atoms. The summed E-state index contributed by atoms with van der Waals surface area (Å²) in [4.78, 5) is 25.3. The van der Waals surface area contributed by atoms with Crippen LogP contribution in [-0.2, 0) is 14.3 Å². The van der Waals surface area contributed by atoms with Gasteiger partial charge in [-0.15, -0.1) is 0 Å². The van der Waals surface area contributed by atoms with Crippen molar-refractivity contribution in [2.75, 3.05) is 20.2 Å². The molecule has 0 aliphatic rings. The van der Waals surface area contributed by atoms with Crippen LogP contribution in [0.3, 0.4) is 0 Å². The predicted molar refractivity (Wildman–Crippen MR) is 137 cm³/mol. The Bertz CT molecular complexity index is 425. The predicted octanol–water partition coefficient (Wildman–Crippen LogP) is 8.22. The highest BCUT2D eigenvalue weighted by molar-refractivity contribution is 5.75. The van der Waals surface area contributed by atoms with E-state index in [2.05, 4.69) is 6.92 Å². The summed E-state index contributed by atoms with van der Waals surface area (Å²) >= 11 is 0. The summed E-state index contributed by atoms with van der Waals surface area (Å²) in [6, 6.07) is 0. The molecular formula is C28H55NO3. The van der Waals surface area contributed by atoms with Crippen LogP contribution >= 0.6 is 0 Å². The molecule has 0 aromatic heterocycles. The topological polar surface area (TPSA) is 46.6 Å². The van der Waals surface area contributed by atoms with E-state index < -0.39 is 0 Å². The number of unbranched alkanes of at least 4 members (excludes halogenated alkanes) is 17. The maximum absolute atomic E-state index is 12.2. The minimum Gasteiger partial charge on any atom is -0.466 e. The molecule has 0 atom stereocenters. The summed E-state index contributed by atoms with van der Waals surface area (Å²) in [7, 11) is 1.92. The third kappa shape index (κ3) is 22.1. The molecule has 0 heterocycles. The Morgan fingerprint density at radius 3 is 1.44 bits per heavy atom. The van der Waals surface area contributed by atoms with E-state index in [0.717, 1.165) is 32.2 Å². The van der Waals surface area contributed by atoms with Crippen molar-refractivity contribution in [3.05, 3.63) is 0 Å². The van der Waals surface area contributed by atoms with Crippen LogP contribution in [0.2, 0.25) is 0 Å². The second-order valence-corrected chi connectivity index (χ2v) is 9.48. The summed E-state index contributed by atoms with van der Waals surface area (Å²) < 4.78 is 4.92. The van der Waals surface area contributed by atoms with Crippen LogP contribution in [0.15, 0.2) is 0 Å². The Balaban J connectivity index is 3.32. The molecule has 0 saturated heterocycles. The lowest BCUT2D eigenvalue weighted by Crippen LogP contribution is -2.27. The van der Waals surface area contributed by atoms with Crippen LogP contribution in [0, 0.1) is 0 Å². The van der Waals surface area contributed by atoms with E-state index in [9.17, 15) is 9.59 Å². The van der Waals surface area contributed by atoms with Crippen molar-refractivity contribution in [1.82, 2.24) is 4.90 Å². The van der Waals surface area contributed by atoms with Crippen molar-refractivity contribution in [2.45, 2.75) is 149 Å².